The molecule has 23 heavy (non-hydrogen) atoms. The molecule has 1 N–H and O–H groups in total. The van der Waals surface area contributed by atoms with Gasteiger partial charge in [0.25, 0.3) is 0 Å². The summed E-state index contributed by atoms with van der Waals surface area (Å²) in [6.45, 7) is 17.4. The summed E-state index contributed by atoms with van der Waals surface area (Å²) in [5.41, 5.74) is 2.02. The summed E-state index contributed by atoms with van der Waals surface area (Å²) in [7, 11) is 0. The molecular weight excluding hydrogens is 284 g/mol. The van der Waals surface area contributed by atoms with Crippen molar-refractivity contribution < 1.29 is 9.84 Å². The third-order valence-corrected chi connectivity index (χ3v) is 4.63. The molecule has 1 aromatic carbocycles. The molecule has 2 nitrogen and oxygen atoms in total. The van der Waals surface area contributed by atoms with Gasteiger partial charge in [-0.05, 0) is 50.0 Å². The van der Waals surface area contributed by atoms with E-state index in [4.69, 9.17) is 4.74 Å². The van der Waals surface area contributed by atoms with E-state index in [-0.39, 0.29) is 11.0 Å². The van der Waals surface area contributed by atoms with Crippen LogP contribution in [0.1, 0.15) is 91.6 Å². The molecule has 0 heterocycles. The van der Waals surface area contributed by atoms with Crippen LogP contribution in [0.5, 0.6) is 0 Å². The van der Waals surface area contributed by atoms with Crippen LogP contribution in [0.15, 0.2) is 24.3 Å². The molecule has 0 aliphatic rings. The number of ether oxygens (including phenoxy) is 1. The number of benzene rings is 1. The zero-order valence-corrected chi connectivity index (χ0v) is 16.3. The highest BCUT2D eigenvalue weighted by molar-refractivity contribution is 5.28. The van der Waals surface area contributed by atoms with Gasteiger partial charge in [-0.15, -0.1) is 0 Å². The second-order valence-electron chi connectivity index (χ2n) is 8.78. The highest BCUT2D eigenvalue weighted by Crippen LogP contribution is 2.43. The van der Waals surface area contributed by atoms with Crippen molar-refractivity contribution in [3.8, 4) is 0 Å². The Hall–Kier alpha value is -0.860. The van der Waals surface area contributed by atoms with E-state index in [1.165, 1.54) is 5.56 Å². The molecular formula is C21H36O2. The van der Waals surface area contributed by atoms with Crippen LogP contribution in [0.3, 0.4) is 0 Å². The van der Waals surface area contributed by atoms with Gasteiger partial charge in [0.2, 0.25) is 0 Å². The highest BCUT2D eigenvalue weighted by Gasteiger charge is 2.30. The smallest absolute Gasteiger partial charge is 0.181 e. The third kappa shape index (κ3) is 6.27. The lowest BCUT2D eigenvalue weighted by Gasteiger charge is -2.36. The quantitative estimate of drug-likeness (QED) is 0.619. The zero-order chi connectivity index (χ0) is 17.8. The molecule has 2 heteroatoms. The van der Waals surface area contributed by atoms with Crippen LogP contribution in [-0.4, -0.2) is 10.7 Å². The second kappa shape index (κ2) is 7.81. The minimum Gasteiger partial charge on any atom is -0.364 e. The summed E-state index contributed by atoms with van der Waals surface area (Å²) in [4.78, 5) is 0. The monoisotopic (exact) mass is 320 g/mol. The Morgan fingerprint density at radius 3 is 2.09 bits per heavy atom. The van der Waals surface area contributed by atoms with Gasteiger partial charge in [0.05, 0.1) is 5.60 Å². The largest absolute Gasteiger partial charge is 0.364 e. The lowest BCUT2D eigenvalue weighted by Crippen LogP contribution is -2.24. The molecule has 0 saturated heterocycles. The van der Waals surface area contributed by atoms with Gasteiger partial charge in [0, 0.05) is 5.56 Å². The van der Waals surface area contributed by atoms with Gasteiger partial charge in [-0.1, -0.05) is 65.3 Å². The van der Waals surface area contributed by atoms with E-state index in [2.05, 4.69) is 46.8 Å². The highest BCUT2D eigenvalue weighted by atomic mass is 16.6. The van der Waals surface area contributed by atoms with Crippen molar-refractivity contribution in [2.75, 3.05) is 0 Å². The molecule has 1 aromatic rings. The number of aliphatic hydroxyl groups excluding tert-OH is 1. The van der Waals surface area contributed by atoms with Crippen LogP contribution in [-0.2, 0) is 4.74 Å². The molecule has 0 bridgehead atoms. The first-order valence-corrected chi connectivity index (χ1v) is 8.92. The maximum atomic E-state index is 10.4. The summed E-state index contributed by atoms with van der Waals surface area (Å²) < 4.78 is 5.71. The molecule has 2 atom stereocenters. The van der Waals surface area contributed by atoms with Crippen molar-refractivity contribution >= 4 is 0 Å². The molecule has 132 valence electrons. The molecule has 0 aliphatic carbocycles. The van der Waals surface area contributed by atoms with Crippen molar-refractivity contribution in [1.29, 1.82) is 0 Å². The average molecular weight is 321 g/mol. The molecule has 0 spiro atoms. The summed E-state index contributed by atoms with van der Waals surface area (Å²) in [5, 5.41) is 10.4. The van der Waals surface area contributed by atoms with Crippen LogP contribution in [0.25, 0.3) is 0 Å². The van der Waals surface area contributed by atoms with E-state index in [0.29, 0.717) is 11.8 Å². The van der Waals surface area contributed by atoms with Gasteiger partial charge < -0.3 is 9.84 Å². The van der Waals surface area contributed by atoms with Crippen molar-refractivity contribution in [2.24, 2.45) is 11.3 Å². The third-order valence-electron chi connectivity index (χ3n) is 4.63. The van der Waals surface area contributed by atoms with E-state index >= 15 is 0 Å². The van der Waals surface area contributed by atoms with Crippen molar-refractivity contribution in [3.05, 3.63) is 35.4 Å². The minimum absolute atomic E-state index is 0.235. The molecule has 0 radical (unpaired) electrons. The molecule has 2 unspecified atom stereocenters. The first kappa shape index (κ1) is 20.2. The number of hydrogen-bond donors (Lipinski definition) is 1. The average Bonchev–Trinajstić information content (AvgIpc) is 2.42. The Morgan fingerprint density at radius 1 is 1.04 bits per heavy atom. The van der Waals surface area contributed by atoms with E-state index in [0.717, 1.165) is 18.4 Å². The van der Waals surface area contributed by atoms with E-state index in [1.807, 2.05) is 32.9 Å². The lowest BCUT2D eigenvalue weighted by molar-refractivity contribution is -0.169. The predicted molar refractivity (Wildman–Crippen MR) is 98.5 cm³/mol. The normalized spacial score (nSPS) is 15.7. The topological polar surface area (TPSA) is 29.5 Å². The molecule has 0 aromatic heterocycles. The van der Waals surface area contributed by atoms with Crippen molar-refractivity contribution in [2.45, 2.75) is 86.0 Å². The fraction of sp³-hybridized carbons (Fsp3) is 0.714. The Kier molecular flexibility index (Phi) is 6.85. The Labute approximate surface area is 143 Å². The summed E-state index contributed by atoms with van der Waals surface area (Å²) in [6, 6.07) is 8.31. The maximum absolute atomic E-state index is 10.4. The fourth-order valence-electron chi connectivity index (χ4n) is 2.96. The summed E-state index contributed by atoms with van der Waals surface area (Å²) in [5.74, 6) is 1.12. The zero-order valence-electron chi connectivity index (χ0n) is 16.3. The fourth-order valence-corrected chi connectivity index (χ4v) is 2.96. The summed E-state index contributed by atoms with van der Waals surface area (Å²) in [6.07, 6.45) is 1.41. The molecule has 0 aliphatic heterocycles. The van der Waals surface area contributed by atoms with Crippen LogP contribution >= 0.6 is 0 Å². The molecule has 1 rings (SSSR count). The lowest BCUT2D eigenvalue weighted by atomic mass is 9.69. The van der Waals surface area contributed by atoms with Crippen molar-refractivity contribution in [3.63, 3.8) is 0 Å². The maximum Gasteiger partial charge on any atom is 0.181 e. The van der Waals surface area contributed by atoms with Gasteiger partial charge in [0.1, 0.15) is 0 Å². The van der Waals surface area contributed by atoms with Gasteiger partial charge in [-0.2, -0.15) is 0 Å². The second-order valence-corrected chi connectivity index (χ2v) is 8.78. The number of rotatable bonds is 7. The van der Waals surface area contributed by atoms with E-state index in [1.54, 1.807) is 0 Å². The van der Waals surface area contributed by atoms with E-state index < -0.39 is 6.29 Å². The van der Waals surface area contributed by atoms with Gasteiger partial charge in [-0.3, -0.25) is 0 Å². The molecule has 0 amide bonds. The Bertz CT molecular complexity index is 483. The Balaban J connectivity index is 3.12. The molecule has 0 fully saturated rings. The van der Waals surface area contributed by atoms with Crippen LogP contribution in [0.2, 0.25) is 0 Å². The first-order chi connectivity index (χ1) is 10.5. The van der Waals surface area contributed by atoms with Crippen molar-refractivity contribution in [1.82, 2.24) is 0 Å². The van der Waals surface area contributed by atoms with Crippen LogP contribution < -0.4 is 0 Å². The number of hydrogen-bond acceptors (Lipinski definition) is 2. The summed E-state index contributed by atoms with van der Waals surface area (Å²) >= 11 is 0. The van der Waals surface area contributed by atoms with E-state index in [9.17, 15) is 5.11 Å². The van der Waals surface area contributed by atoms with Gasteiger partial charge >= 0.3 is 0 Å². The Morgan fingerprint density at radius 2 is 1.61 bits per heavy atom. The molecule has 0 saturated carbocycles. The van der Waals surface area contributed by atoms with Gasteiger partial charge in [0.15, 0.2) is 6.29 Å². The van der Waals surface area contributed by atoms with Crippen LogP contribution in [0, 0.1) is 11.3 Å². The minimum atomic E-state index is -0.876. The number of aliphatic hydroxyl groups is 1. The first-order valence-electron chi connectivity index (χ1n) is 8.92. The SMILES string of the molecule is CCC(C)(C)C(CC(C)C)c1cccc(C(O)OC(C)(C)C)c1. The van der Waals surface area contributed by atoms with Gasteiger partial charge in [-0.25, -0.2) is 0 Å². The standard InChI is InChI=1S/C21H36O2/c1-9-21(7,8)18(13-15(2)3)16-11-10-12-17(14-16)19(22)23-20(4,5)6/h10-12,14-15,18-19,22H,9,13H2,1-8H3. The van der Waals surface area contributed by atoms with Crippen LogP contribution in [0.4, 0.5) is 0 Å². The predicted octanol–water partition coefficient (Wildman–Crippen LogP) is 6.06.